The van der Waals surface area contributed by atoms with Crippen molar-refractivity contribution in [1.82, 2.24) is 0 Å². The molecule has 6 heteroatoms. The van der Waals surface area contributed by atoms with Gasteiger partial charge in [-0.3, -0.25) is 0 Å². The molecule has 0 amide bonds. The Bertz CT molecular complexity index is 339. The maximum Gasteiger partial charge on any atom is 0.196 e. The first-order valence-corrected chi connectivity index (χ1v) is 4.46. The number of halogens is 5. The first kappa shape index (κ1) is 11.6. The monoisotopic (exact) mass is 243 g/mol. The van der Waals surface area contributed by atoms with Gasteiger partial charge in [-0.05, 0) is 13.0 Å². The largest absolute Gasteiger partial charge is 0.330 e. The van der Waals surface area contributed by atoms with Gasteiger partial charge in [0, 0.05) is 5.56 Å². The van der Waals surface area contributed by atoms with Crippen LogP contribution in [0.4, 0.5) is 13.2 Å². The molecule has 0 unspecified atom stereocenters. The third-order valence-electron chi connectivity index (χ3n) is 1.70. The van der Waals surface area contributed by atoms with Gasteiger partial charge in [-0.2, -0.15) is 0 Å². The second-order valence-electron chi connectivity index (χ2n) is 2.59. The summed E-state index contributed by atoms with van der Waals surface area (Å²) in [6.07, 6.45) is 0.00157. The van der Waals surface area contributed by atoms with Gasteiger partial charge >= 0.3 is 0 Å². The molecule has 0 aromatic heterocycles. The van der Waals surface area contributed by atoms with E-state index in [0.29, 0.717) is 0 Å². The lowest BCUT2D eigenvalue weighted by Crippen LogP contribution is -2.08. The quantitative estimate of drug-likeness (QED) is 0.628. The average molecular weight is 244 g/mol. The highest BCUT2D eigenvalue weighted by Gasteiger charge is 2.22. The molecule has 0 radical (unpaired) electrons. The first-order valence-electron chi connectivity index (χ1n) is 3.71. The number of hydrogen-bond donors (Lipinski definition) is 1. The third kappa shape index (κ3) is 1.82. The minimum atomic E-state index is -1.62. The molecule has 0 aliphatic carbocycles. The fourth-order valence-electron chi connectivity index (χ4n) is 1.01. The van der Waals surface area contributed by atoms with Crippen LogP contribution in [-0.4, -0.2) is 6.54 Å². The minimum Gasteiger partial charge on any atom is -0.330 e. The lowest BCUT2D eigenvalue weighted by atomic mass is 10.1. The molecule has 0 atom stereocenters. The molecule has 0 saturated carbocycles. The second kappa shape index (κ2) is 4.38. The molecule has 0 saturated heterocycles. The molecule has 0 bridgehead atoms. The van der Waals surface area contributed by atoms with E-state index in [4.69, 9.17) is 28.9 Å². The Morgan fingerprint density at radius 3 is 2.00 bits per heavy atom. The summed E-state index contributed by atoms with van der Waals surface area (Å²) in [4.78, 5) is 0. The van der Waals surface area contributed by atoms with Crippen LogP contribution in [0.15, 0.2) is 0 Å². The van der Waals surface area contributed by atoms with Gasteiger partial charge in [-0.25, -0.2) is 13.2 Å². The fourth-order valence-corrected chi connectivity index (χ4v) is 1.47. The summed E-state index contributed by atoms with van der Waals surface area (Å²) in [6.45, 7) is 0.0675. The molecule has 2 N–H and O–H groups in total. The van der Waals surface area contributed by atoms with Crippen molar-refractivity contribution < 1.29 is 13.2 Å². The second-order valence-corrected chi connectivity index (χ2v) is 3.34. The molecule has 1 aromatic carbocycles. The van der Waals surface area contributed by atoms with E-state index in [1.165, 1.54) is 0 Å². The highest BCUT2D eigenvalue weighted by molar-refractivity contribution is 6.42. The summed E-state index contributed by atoms with van der Waals surface area (Å²) < 4.78 is 38.7. The van der Waals surface area contributed by atoms with Crippen LogP contribution in [0, 0.1) is 17.5 Å². The van der Waals surface area contributed by atoms with Crippen molar-refractivity contribution in [3.05, 3.63) is 33.1 Å². The van der Waals surface area contributed by atoms with Crippen LogP contribution < -0.4 is 5.73 Å². The summed E-state index contributed by atoms with van der Waals surface area (Å²) in [5.41, 5.74) is 4.96. The molecule has 0 heterocycles. The van der Waals surface area contributed by atoms with Gasteiger partial charge in [0.25, 0.3) is 0 Å². The van der Waals surface area contributed by atoms with E-state index in [2.05, 4.69) is 0 Å². The van der Waals surface area contributed by atoms with Crippen LogP contribution in [-0.2, 0) is 6.42 Å². The van der Waals surface area contributed by atoms with Crippen LogP contribution in [0.1, 0.15) is 5.56 Å². The molecule has 0 spiro atoms. The molecule has 78 valence electrons. The van der Waals surface area contributed by atoms with E-state index >= 15 is 0 Å². The summed E-state index contributed by atoms with van der Waals surface area (Å²) in [7, 11) is 0. The van der Waals surface area contributed by atoms with Gasteiger partial charge in [0.05, 0.1) is 10.0 Å². The van der Waals surface area contributed by atoms with Crippen molar-refractivity contribution >= 4 is 23.2 Å². The predicted molar refractivity (Wildman–Crippen MR) is 49.1 cm³/mol. The lowest BCUT2D eigenvalue weighted by Gasteiger charge is -2.08. The number of rotatable bonds is 2. The Kier molecular flexibility index (Phi) is 3.64. The summed E-state index contributed by atoms with van der Waals surface area (Å²) >= 11 is 10.9. The topological polar surface area (TPSA) is 26.0 Å². The standard InChI is InChI=1S/C8H6Cl2F3N/c9-4-3(1-2-14)6(11)8(13)7(12)5(4)10/h1-2,14H2. The first-order chi connectivity index (χ1) is 6.50. The molecule has 1 aromatic rings. The van der Waals surface area contributed by atoms with E-state index in [1.807, 2.05) is 0 Å². The zero-order valence-corrected chi connectivity index (χ0v) is 8.39. The molecular weight excluding hydrogens is 238 g/mol. The van der Waals surface area contributed by atoms with E-state index in [1.54, 1.807) is 0 Å². The van der Waals surface area contributed by atoms with Crippen LogP contribution in [0.5, 0.6) is 0 Å². The van der Waals surface area contributed by atoms with Crippen molar-refractivity contribution in [2.45, 2.75) is 6.42 Å². The highest BCUT2D eigenvalue weighted by atomic mass is 35.5. The summed E-state index contributed by atoms with van der Waals surface area (Å²) in [6, 6.07) is 0. The van der Waals surface area contributed by atoms with E-state index < -0.39 is 22.5 Å². The Labute approximate surface area is 88.6 Å². The third-order valence-corrected chi connectivity index (χ3v) is 2.56. The fraction of sp³-hybridized carbons (Fsp3) is 0.250. The molecule has 1 rings (SSSR count). The van der Waals surface area contributed by atoms with E-state index in [-0.39, 0.29) is 23.6 Å². The van der Waals surface area contributed by atoms with Crippen molar-refractivity contribution in [2.75, 3.05) is 6.54 Å². The lowest BCUT2D eigenvalue weighted by molar-refractivity contribution is 0.441. The number of hydrogen-bond acceptors (Lipinski definition) is 1. The van der Waals surface area contributed by atoms with Crippen molar-refractivity contribution in [3.63, 3.8) is 0 Å². The Morgan fingerprint density at radius 1 is 0.929 bits per heavy atom. The van der Waals surface area contributed by atoms with Gasteiger partial charge in [0.15, 0.2) is 17.5 Å². The predicted octanol–water partition coefficient (Wildman–Crippen LogP) is 2.91. The zero-order valence-electron chi connectivity index (χ0n) is 6.88. The van der Waals surface area contributed by atoms with Gasteiger partial charge in [0.1, 0.15) is 0 Å². The average Bonchev–Trinajstić information content (AvgIpc) is 2.19. The SMILES string of the molecule is NCCc1c(F)c(F)c(F)c(Cl)c1Cl. The smallest absolute Gasteiger partial charge is 0.196 e. The van der Waals surface area contributed by atoms with Crippen LogP contribution in [0.2, 0.25) is 10.0 Å². The van der Waals surface area contributed by atoms with E-state index in [0.717, 1.165) is 0 Å². The Balaban J connectivity index is 3.43. The molecular formula is C8H6Cl2F3N. The molecule has 1 nitrogen and oxygen atoms in total. The van der Waals surface area contributed by atoms with Crippen molar-refractivity contribution in [1.29, 1.82) is 0 Å². The summed E-state index contributed by atoms with van der Waals surface area (Å²) in [5.74, 6) is -4.43. The van der Waals surface area contributed by atoms with E-state index in [9.17, 15) is 13.2 Å². The normalized spacial score (nSPS) is 10.7. The Hall–Kier alpha value is -0.450. The van der Waals surface area contributed by atoms with Crippen LogP contribution in [0.25, 0.3) is 0 Å². The highest BCUT2D eigenvalue weighted by Crippen LogP contribution is 2.33. The van der Waals surface area contributed by atoms with Crippen LogP contribution in [0.3, 0.4) is 0 Å². The van der Waals surface area contributed by atoms with Crippen molar-refractivity contribution in [3.8, 4) is 0 Å². The van der Waals surface area contributed by atoms with Gasteiger partial charge in [-0.1, -0.05) is 23.2 Å². The number of nitrogens with two attached hydrogens (primary N) is 1. The van der Waals surface area contributed by atoms with Crippen LogP contribution >= 0.6 is 23.2 Å². The molecule has 0 aliphatic rings. The maximum absolute atomic E-state index is 13.1. The minimum absolute atomic E-state index is 0.00157. The van der Waals surface area contributed by atoms with Gasteiger partial charge in [0.2, 0.25) is 0 Å². The zero-order chi connectivity index (χ0) is 10.9. The molecule has 0 fully saturated rings. The van der Waals surface area contributed by atoms with Gasteiger partial charge in [-0.15, -0.1) is 0 Å². The molecule has 0 aliphatic heterocycles. The van der Waals surface area contributed by atoms with Crippen molar-refractivity contribution in [2.24, 2.45) is 5.73 Å². The summed E-state index contributed by atoms with van der Waals surface area (Å²) in [5, 5.41) is -0.942. The van der Waals surface area contributed by atoms with Gasteiger partial charge < -0.3 is 5.73 Å². The number of benzene rings is 1. The molecule has 14 heavy (non-hydrogen) atoms. The maximum atomic E-state index is 13.1. The Morgan fingerprint density at radius 2 is 1.50 bits per heavy atom.